The number of hydrogen-bond donors (Lipinski definition) is 1. The van der Waals surface area contributed by atoms with Crippen molar-refractivity contribution >= 4 is 12.2 Å². The van der Waals surface area contributed by atoms with Crippen molar-refractivity contribution in [2.45, 2.75) is 12.5 Å². The summed E-state index contributed by atoms with van der Waals surface area (Å²) in [6.45, 7) is 1.94. The molecule has 0 aliphatic carbocycles. The van der Waals surface area contributed by atoms with Crippen LogP contribution in [-0.4, -0.2) is 29.2 Å². The molecule has 1 atom stereocenters. The Morgan fingerprint density at radius 2 is 1.95 bits per heavy atom. The van der Waals surface area contributed by atoms with Crippen LogP contribution in [0.4, 0.5) is 0 Å². The van der Waals surface area contributed by atoms with Gasteiger partial charge < -0.3 is 10.1 Å². The molecule has 0 bridgehead atoms. The lowest BCUT2D eigenvalue weighted by Gasteiger charge is -2.12. The predicted molar refractivity (Wildman–Crippen MR) is 79.3 cm³/mol. The van der Waals surface area contributed by atoms with Gasteiger partial charge in [0.15, 0.2) is 0 Å². The Balaban J connectivity index is 1.69. The fourth-order valence-electron chi connectivity index (χ4n) is 2.18. The predicted octanol–water partition coefficient (Wildman–Crippen LogP) is 2.39. The topological polar surface area (TPSA) is 47.0 Å². The van der Waals surface area contributed by atoms with Gasteiger partial charge in [-0.15, -0.1) is 0 Å². The summed E-state index contributed by atoms with van der Waals surface area (Å²) in [6, 6.07) is 5.95. The zero-order valence-corrected chi connectivity index (χ0v) is 11.2. The lowest BCUT2D eigenvalue weighted by molar-refractivity contribution is 0.222. The van der Waals surface area contributed by atoms with Gasteiger partial charge in [0, 0.05) is 25.1 Å². The summed E-state index contributed by atoms with van der Waals surface area (Å²) < 4.78 is 5.90. The van der Waals surface area contributed by atoms with E-state index in [1.807, 2.05) is 36.5 Å². The minimum Gasteiger partial charge on any atom is -0.487 e. The number of pyridine rings is 2. The summed E-state index contributed by atoms with van der Waals surface area (Å²) in [7, 11) is 0. The average Bonchev–Trinajstić information content (AvgIpc) is 3.00. The largest absolute Gasteiger partial charge is 0.487 e. The fourth-order valence-corrected chi connectivity index (χ4v) is 2.18. The van der Waals surface area contributed by atoms with Gasteiger partial charge in [-0.3, -0.25) is 9.97 Å². The Morgan fingerprint density at radius 1 is 1.10 bits per heavy atom. The molecule has 0 spiro atoms. The Morgan fingerprint density at radius 3 is 2.75 bits per heavy atom. The second kappa shape index (κ2) is 6.30. The van der Waals surface area contributed by atoms with Crippen molar-refractivity contribution in [1.29, 1.82) is 0 Å². The molecule has 3 rings (SSSR count). The van der Waals surface area contributed by atoms with E-state index in [0.29, 0.717) is 0 Å². The van der Waals surface area contributed by atoms with Gasteiger partial charge in [0.2, 0.25) is 0 Å². The van der Waals surface area contributed by atoms with Crippen LogP contribution >= 0.6 is 0 Å². The second-order valence-electron chi connectivity index (χ2n) is 4.80. The first-order chi connectivity index (χ1) is 9.90. The van der Waals surface area contributed by atoms with Crippen LogP contribution in [0.5, 0.6) is 5.75 Å². The van der Waals surface area contributed by atoms with Gasteiger partial charge in [-0.2, -0.15) is 0 Å². The molecular formula is C16H17N3O. The van der Waals surface area contributed by atoms with E-state index in [2.05, 4.69) is 15.3 Å². The van der Waals surface area contributed by atoms with E-state index in [-0.39, 0.29) is 6.10 Å². The van der Waals surface area contributed by atoms with Gasteiger partial charge in [0.05, 0.1) is 6.20 Å². The van der Waals surface area contributed by atoms with Gasteiger partial charge >= 0.3 is 0 Å². The molecule has 1 aliphatic heterocycles. The molecule has 1 fully saturated rings. The van der Waals surface area contributed by atoms with E-state index in [1.165, 1.54) is 0 Å². The maximum absolute atomic E-state index is 5.90. The Hall–Kier alpha value is -2.20. The van der Waals surface area contributed by atoms with E-state index in [0.717, 1.165) is 36.4 Å². The van der Waals surface area contributed by atoms with Crippen LogP contribution in [0.1, 0.15) is 17.5 Å². The Labute approximate surface area is 118 Å². The lowest BCUT2D eigenvalue weighted by Crippen LogP contribution is -2.19. The maximum atomic E-state index is 5.90. The molecule has 0 unspecified atom stereocenters. The van der Waals surface area contributed by atoms with Crippen LogP contribution in [0.2, 0.25) is 0 Å². The standard InChI is InChI=1S/C16H17N3O/c1(13-3-6-17-7-4-13)2-14-9-16(12-19-10-14)20-15-5-8-18-11-15/h1-4,6-7,9-10,12,15,18H,5,8,11H2/b2-1+/t15-/m1/s1. The van der Waals surface area contributed by atoms with E-state index >= 15 is 0 Å². The van der Waals surface area contributed by atoms with E-state index < -0.39 is 0 Å². The molecule has 2 aromatic heterocycles. The minimum atomic E-state index is 0.260. The highest BCUT2D eigenvalue weighted by molar-refractivity contribution is 5.69. The molecule has 1 aliphatic rings. The summed E-state index contributed by atoms with van der Waals surface area (Å²) in [6.07, 6.45) is 12.5. The molecule has 4 nitrogen and oxygen atoms in total. The molecule has 4 heteroatoms. The average molecular weight is 267 g/mol. The molecule has 1 saturated heterocycles. The molecule has 0 saturated carbocycles. The zero-order chi connectivity index (χ0) is 13.6. The third kappa shape index (κ3) is 3.42. The van der Waals surface area contributed by atoms with Gasteiger partial charge in [-0.25, -0.2) is 0 Å². The summed E-state index contributed by atoms with van der Waals surface area (Å²) in [5, 5.41) is 3.29. The number of ether oxygens (including phenoxy) is 1. The SMILES string of the molecule is C(=C\c1cncc(O[C@@H]2CCNC2)c1)/c1ccncc1. The molecular weight excluding hydrogens is 250 g/mol. The highest BCUT2D eigenvalue weighted by atomic mass is 16.5. The molecule has 3 heterocycles. The molecule has 20 heavy (non-hydrogen) atoms. The number of hydrogen-bond acceptors (Lipinski definition) is 4. The van der Waals surface area contributed by atoms with Crippen LogP contribution in [0, 0.1) is 0 Å². The van der Waals surface area contributed by atoms with Gasteiger partial charge in [-0.05, 0) is 42.3 Å². The molecule has 1 N–H and O–H groups in total. The van der Waals surface area contributed by atoms with Crippen LogP contribution in [0.15, 0.2) is 43.0 Å². The molecule has 2 aromatic rings. The molecule has 0 aromatic carbocycles. The quantitative estimate of drug-likeness (QED) is 0.924. The smallest absolute Gasteiger partial charge is 0.138 e. The van der Waals surface area contributed by atoms with Crippen molar-refractivity contribution in [3.05, 3.63) is 54.1 Å². The van der Waals surface area contributed by atoms with E-state index in [4.69, 9.17) is 4.74 Å². The van der Waals surface area contributed by atoms with Crippen molar-refractivity contribution in [3.63, 3.8) is 0 Å². The highest BCUT2D eigenvalue weighted by Crippen LogP contribution is 2.17. The molecule has 0 radical (unpaired) electrons. The first-order valence-corrected chi connectivity index (χ1v) is 6.81. The summed E-state index contributed by atoms with van der Waals surface area (Å²) in [4.78, 5) is 8.23. The number of nitrogens with zero attached hydrogens (tertiary/aromatic N) is 2. The minimum absolute atomic E-state index is 0.260. The normalized spacial score (nSPS) is 18.5. The van der Waals surface area contributed by atoms with Crippen LogP contribution in [0.3, 0.4) is 0 Å². The molecule has 0 amide bonds. The summed E-state index contributed by atoms with van der Waals surface area (Å²) in [5.74, 6) is 0.829. The van der Waals surface area contributed by atoms with E-state index in [9.17, 15) is 0 Å². The first kappa shape index (κ1) is 12.8. The van der Waals surface area contributed by atoms with Crippen molar-refractivity contribution < 1.29 is 4.74 Å². The third-order valence-electron chi connectivity index (χ3n) is 3.23. The Bertz CT molecular complexity index is 577. The third-order valence-corrected chi connectivity index (χ3v) is 3.23. The summed E-state index contributed by atoms with van der Waals surface area (Å²) >= 11 is 0. The monoisotopic (exact) mass is 267 g/mol. The number of aromatic nitrogens is 2. The van der Waals surface area contributed by atoms with Crippen molar-refractivity contribution in [2.75, 3.05) is 13.1 Å². The van der Waals surface area contributed by atoms with Gasteiger partial charge in [-0.1, -0.05) is 12.2 Å². The second-order valence-corrected chi connectivity index (χ2v) is 4.80. The zero-order valence-electron chi connectivity index (χ0n) is 11.2. The van der Waals surface area contributed by atoms with Gasteiger partial charge in [0.25, 0.3) is 0 Å². The van der Waals surface area contributed by atoms with Crippen molar-refractivity contribution in [3.8, 4) is 5.75 Å². The first-order valence-electron chi connectivity index (χ1n) is 6.81. The number of nitrogens with one attached hydrogen (secondary N) is 1. The molecule has 102 valence electrons. The van der Waals surface area contributed by atoms with Crippen molar-refractivity contribution in [2.24, 2.45) is 0 Å². The number of rotatable bonds is 4. The summed E-state index contributed by atoms with van der Waals surface area (Å²) in [5.41, 5.74) is 2.15. The Kier molecular flexibility index (Phi) is 4.04. The van der Waals surface area contributed by atoms with Crippen LogP contribution in [0.25, 0.3) is 12.2 Å². The highest BCUT2D eigenvalue weighted by Gasteiger charge is 2.15. The fraction of sp³-hybridized carbons (Fsp3) is 0.250. The van der Waals surface area contributed by atoms with Crippen LogP contribution < -0.4 is 10.1 Å². The van der Waals surface area contributed by atoms with E-state index in [1.54, 1.807) is 18.6 Å². The van der Waals surface area contributed by atoms with Gasteiger partial charge in [0.1, 0.15) is 11.9 Å². The lowest BCUT2D eigenvalue weighted by atomic mass is 10.2. The van der Waals surface area contributed by atoms with Crippen LogP contribution in [-0.2, 0) is 0 Å². The maximum Gasteiger partial charge on any atom is 0.138 e. The van der Waals surface area contributed by atoms with Crippen molar-refractivity contribution in [1.82, 2.24) is 15.3 Å².